The highest BCUT2D eigenvalue weighted by atomic mass is 16.2. The summed E-state index contributed by atoms with van der Waals surface area (Å²) in [4.78, 5) is 14.4. The summed E-state index contributed by atoms with van der Waals surface area (Å²) >= 11 is 0. The quantitative estimate of drug-likeness (QED) is 0.856. The van der Waals surface area contributed by atoms with Gasteiger partial charge in [-0.3, -0.25) is 9.69 Å². The molecule has 1 aromatic carbocycles. The molecule has 0 aliphatic carbocycles. The maximum absolute atomic E-state index is 12.1. The fourth-order valence-corrected chi connectivity index (χ4v) is 2.95. The molecule has 4 heteroatoms. The molecule has 2 aliphatic heterocycles. The van der Waals surface area contributed by atoms with Crippen LogP contribution in [-0.4, -0.2) is 41.3 Å². The van der Waals surface area contributed by atoms with Gasteiger partial charge in [0.15, 0.2) is 0 Å². The number of benzene rings is 1. The van der Waals surface area contributed by atoms with Crippen molar-refractivity contribution < 1.29 is 4.79 Å². The number of hydrogen-bond acceptors (Lipinski definition) is 3. The van der Waals surface area contributed by atoms with Gasteiger partial charge in [0.2, 0.25) is 5.91 Å². The van der Waals surface area contributed by atoms with E-state index in [1.807, 2.05) is 0 Å². The second kappa shape index (κ2) is 6.39. The molecule has 1 saturated heterocycles. The lowest BCUT2D eigenvalue weighted by Gasteiger charge is -2.32. The molecule has 1 aromatic rings. The highest BCUT2D eigenvalue weighted by molar-refractivity contribution is 6.04. The molecular formula is C17H23N3O. The Labute approximate surface area is 126 Å². The van der Waals surface area contributed by atoms with Gasteiger partial charge < -0.3 is 0 Å². The van der Waals surface area contributed by atoms with E-state index < -0.39 is 0 Å². The predicted octanol–water partition coefficient (Wildman–Crippen LogP) is 2.76. The van der Waals surface area contributed by atoms with Crippen molar-refractivity contribution in [3.63, 3.8) is 0 Å². The third-order valence-electron chi connectivity index (χ3n) is 4.27. The van der Waals surface area contributed by atoms with Crippen molar-refractivity contribution in [3.8, 4) is 0 Å². The Morgan fingerprint density at radius 3 is 2.48 bits per heavy atom. The SMILES string of the molecule is Cc1ccc(C2=NN(CN3CCCCC3)C(=O)CC2)cc1. The van der Waals surface area contributed by atoms with Gasteiger partial charge in [-0.1, -0.05) is 36.2 Å². The average molecular weight is 285 g/mol. The van der Waals surface area contributed by atoms with E-state index in [0.29, 0.717) is 13.1 Å². The zero-order chi connectivity index (χ0) is 14.7. The van der Waals surface area contributed by atoms with Gasteiger partial charge in [0.05, 0.1) is 12.4 Å². The van der Waals surface area contributed by atoms with Crippen LogP contribution in [0.1, 0.15) is 43.2 Å². The molecule has 0 spiro atoms. The van der Waals surface area contributed by atoms with E-state index in [0.717, 1.165) is 30.8 Å². The second-order valence-electron chi connectivity index (χ2n) is 6.03. The molecule has 21 heavy (non-hydrogen) atoms. The van der Waals surface area contributed by atoms with Gasteiger partial charge in [0.1, 0.15) is 0 Å². The van der Waals surface area contributed by atoms with Gasteiger partial charge in [-0.2, -0.15) is 5.10 Å². The Morgan fingerprint density at radius 2 is 1.76 bits per heavy atom. The third kappa shape index (κ3) is 3.50. The number of likely N-dealkylation sites (tertiary alicyclic amines) is 1. The van der Waals surface area contributed by atoms with Crippen LogP contribution in [0.4, 0.5) is 0 Å². The number of rotatable bonds is 3. The molecule has 1 amide bonds. The Hall–Kier alpha value is -1.68. The molecule has 112 valence electrons. The smallest absolute Gasteiger partial charge is 0.244 e. The van der Waals surface area contributed by atoms with Crippen LogP contribution in [0.25, 0.3) is 0 Å². The van der Waals surface area contributed by atoms with Gasteiger partial charge >= 0.3 is 0 Å². The van der Waals surface area contributed by atoms with Crippen LogP contribution in [0.15, 0.2) is 29.4 Å². The molecule has 0 saturated carbocycles. The predicted molar refractivity (Wildman–Crippen MR) is 84.1 cm³/mol. The zero-order valence-electron chi connectivity index (χ0n) is 12.7. The minimum absolute atomic E-state index is 0.149. The molecule has 1 fully saturated rings. The molecule has 0 bridgehead atoms. The number of piperidine rings is 1. The summed E-state index contributed by atoms with van der Waals surface area (Å²) in [5.74, 6) is 0.149. The molecule has 3 rings (SSSR count). The normalized spacial score (nSPS) is 20.5. The molecule has 2 aliphatic rings. The highest BCUT2D eigenvalue weighted by Gasteiger charge is 2.23. The first-order valence-electron chi connectivity index (χ1n) is 7.89. The Morgan fingerprint density at radius 1 is 1.05 bits per heavy atom. The number of nitrogens with zero attached hydrogens (tertiary/aromatic N) is 3. The summed E-state index contributed by atoms with van der Waals surface area (Å²) in [5, 5.41) is 6.29. The molecule has 0 aromatic heterocycles. The molecular weight excluding hydrogens is 262 g/mol. The largest absolute Gasteiger partial charge is 0.284 e. The van der Waals surface area contributed by atoms with Gasteiger partial charge in [-0.25, -0.2) is 5.01 Å². The lowest BCUT2D eigenvalue weighted by molar-refractivity contribution is -0.134. The van der Waals surface area contributed by atoms with Crippen LogP contribution in [-0.2, 0) is 4.79 Å². The summed E-state index contributed by atoms with van der Waals surface area (Å²) in [6.07, 6.45) is 5.09. The van der Waals surface area contributed by atoms with E-state index in [1.165, 1.54) is 24.8 Å². The lowest BCUT2D eigenvalue weighted by Crippen LogP contribution is -2.43. The first-order chi connectivity index (χ1) is 10.2. The Balaban J connectivity index is 1.74. The van der Waals surface area contributed by atoms with Crippen molar-refractivity contribution in [1.29, 1.82) is 0 Å². The van der Waals surface area contributed by atoms with E-state index in [1.54, 1.807) is 5.01 Å². The van der Waals surface area contributed by atoms with Gasteiger partial charge in [0, 0.05) is 12.8 Å². The van der Waals surface area contributed by atoms with Gasteiger partial charge in [-0.05, 0) is 38.4 Å². The van der Waals surface area contributed by atoms with E-state index in [4.69, 9.17) is 0 Å². The van der Waals surface area contributed by atoms with E-state index >= 15 is 0 Å². The first kappa shape index (κ1) is 14.3. The zero-order valence-corrected chi connectivity index (χ0v) is 12.7. The molecule has 4 nitrogen and oxygen atoms in total. The van der Waals surface area contributed by atoms with Crippen LogP contribution in [0.5, 0.6) is 0 Å². The molecule has 0 N–H and O–H groups in total. The summed E-state index contributed by atoms with van der Waals surface area (Å²) in [6.45, 7) is 4.89. The fourth-order valence-electron chi connectivity index (χ4n) is 2.95. The van der Waals surface area contributed by atoms with Crippen molar-refractivity contribution in [3.05, 3.63) is 35.4 Å². The van der Waals surface area contributed by atoms with E-state index in [-0.39, 0.29) is 5.91 Å². The summed E-state index contributed by atoms with van der Waals surface area (Å²) < 4.78 is 0. The topological polar surface area (TPSA) is 35.9 Å². The van der Waals surface area contributed by atoms with Crippen molar-refractivity contribution in [2.24, 2.45) is 5.10 Å². The van der Waals surface area contributed by atoms with Crippen LogP contribution < -0.4 is 0 Å². The number of hydrogen-bond donors (Lipinski definition) is 0. The summed E-state index contributed by atoms with van der Waals surface area (Å²) in [7, 11) is 0. The number of hydrazone groups is 1. The van der Waals surface area contributed by atoms with E-state index in [2.05, 4.69) is 41.2 Å². The minimum atomic E-state index is 0.149. The first-order valence-corrected chi connectivity index (χ1v) is 7.89. The second-order valence-corrected chi connectivity index (χ2v) is 6.03. The maximum atomic E-state index is 12.1. The number of amides is 1. The van der Waals surface area contributed by atoms with Gasteiger partial charge in [-0.15, -0.1) is 0 Å². The van der Waals surface area contributed by atoms with Crippen LogP contribution in [0, 0.1) is 6.92 Å². The Bertz CT molecular complexity index is 529. The average Bonchev–Trinajstić information content (AvgIpc) is 2.51. The monoisotopic (exact) mass is 285 g/mol. The van der Waals surface area contributed by atoms with Crippen molar-refractivity contribution in [2.75, 3.05) is 19.8 Å². The number of aryl methyl sites for hydroxylation is 1. The van der Waals surface area contributed by atoms with E-state index in [9.17, 15) is 4.79 Å². The molecule has 2 heterocycles. The molecule has 0 unspecified atom stereocenters. The maximum Gasteiger partial charge on any atom is 0.244 e. The van der Waals surface area contributed by atoms with Crippen LogP contribution >= 0.6 is 0 Å². The number of carbonyl (C=O) groups is 1. The molecule has 0 radical (unpaired) electrons. The molecule has 0 atom stereocenters. The van der Waals surface area contributed by atoms with Crippen molar-refractivity contribution in [1.82, 2.24) is 9.91 Å². The third-order valence-corrected chi connectivity index (χ3v) is 4.27. The van der Waals surface area contributed by atoms with Crippen molar-refractivity contribution >= 4 is 11.6 Å². The number of carbonyl (C=O) groups excluding carboxylic acids is 1. The standard InChI is InChI=1S/C17H23N3O/c1-14-5-7-15(8-6-14)16-9-10-17(21)20(18-16)13-19-11-3-2-4-12-19/h5-8H,2-4,9-13H2,1H3. The van der Waals surface area contributed by atoms with Crippen LogP contribution in [0.3, 0.4) is 0 Å². The summed E-state index contributed by atoms with van der Waals surface area (Å²) in [6, 6.07) is 8.40. The fraction of sp³-hybridized carbons (Fsp3) is 0.529. The minimum Gasteiger partial charge on any atom is -0.284 e. The van der Waals surface area contributed by atoms with Gasteiger partial charge in [0.25, 0.3) is 0 Å². The Kier molecular flexibility index (Phi) is 4.34. The lowest BCUT2D eigenvalue weighted by atomic mass is 10.0. The van der Waals surface area contributed by atoms with Crippen LogP contribution in [0.2, 0.25) is 0 Å². The summed E-state index contributed by atoms with van der Waals surface area (Å²) in [5.41, 5.74) is 3.42. The highest BCUT2D eigenvalue weighted by Crippen LogP contribution is 2.17. The van der Waals surface area contributed by atoms with Crippen molar-refractivity contribution in [2.45, 2.75) is 39.0 Å².